The molecule has 1 heterocycles. The first kappa shape index (κ1) is 25.1. The highest BCUT2D eigenvalue weighted by atomic mass is 79.9. The van der Waals surface area contributed by atoms with Gasteiger partial charge < -0.3 is 4.74 Å². The Morgan fingerprint density at radius 1 is 1.03 bits per heavy atom. The molecule has 1 fully saturated rings. The van der Waals surface area contributed by atoms with Gasteiger partial charge in [-0.3, -0.25) is 24.6 Å². The maximum Gasteiger partial charge on any atom is 0.293 e. The van der Waals surface area contributed by atoms with Gasteiger partial charge in [0, 0.05) is 17.2 Å². The first-order valence-electron chi connectivity index (χ1n) is 10.1. The molecule has 4 rings (SSSR count). The number of hydrogen-bond acceptors (Lipinski definition) is 6. The lowest BCUT2D eigenvalue weighted by atomic mass is 10.1. The van der Waals surface area contributed by atoms with Crippen molar-refractivity contribution in [3.8, 4) is 5.75 Å². The number of imide groups is 1. The Labute approximate surface area is 220 Å². The Bertz CT molecular complexity index is 1360. The van der Waals surface area contributed by atoms with Gasteiger partial charge in [0.1, 0.15) is 18.2 Å². The van der Waals surface area contributed by atoms with Crippen molar-refractivity contribution < 1.29 is 23.6 Å². The third kappa shape index (κ3) is 5.63. The van der Waals surface area contributed by atoms with E-state index in [2.05, 4.69) is 31.9 Å². The number of carbonyl (C=O) groups excluding carboxylic acids is 2. The first-order valence-corrected chi connectivity index (χ1v) is 12.5. The second kappa shape index (κ2) is 10.7. The zero-order valence-electron chi connectivity index (χ0n) is 17.7. The number of rotatable bonds is 7. The molecule has 3 aromatic carbocycles. The van der Waals surface area contributed by atoms with Gasteiger partial charge in [0.2, 0.25) is 0 Å². The van der Waals surface area contributed by atoms with Crippen LogP contribution in [-0.2, 0) is 17.9 Å². The van der Waals surface area contributed by atoms with Crippen molar-refractivity contribution in [1.29, 1.82) is 0 Å². The van der Waals surface area contributed by atoms with E-state index in [4.69, 9.17) is 4.74 Å². The molecule has 0 unspecified atom stereocenters. The molecule has 11 heteroatoms. The van der Waals surface area contributed by atoms with Gasteiger partial charge >= 0.3 is 0 Å². The average molecular weight is 622 g/mol. The molecule has 2 amide bonds. The van der Waals surface area contributed by atoms with Crippen LogP contribution in [-0.4, -0.2) is 21.0 Å². The van der Waals surface area contributed by atoms with Crippen LogP contribution in [0.1, 0.15) is 16.7 Å². The summed E-state index contributed by atoms with van der Waals surface area (Å²) < 4.78 is 20.8. The Morgan fingerprint density at radius 3 is 2.31 bits per heavy atom. The summed E-state index contributed by atoms with van der Waals surface area (Å²) in [6, 6.07) is 15.7. The van der Waals surface area contributed by atoms with E-state index in [0.717, 1.165) is 16.7 Å². The van der Waals surface area contributed by atoms with Crippen LogP contribution in [0.5, 0.6) is 5.75 Å². The smallest absolute Gasteiger partial charge is 0.293 e. The van der Waals surface area contributed by atoms with Crippen molar-refractivity contribution in [3.05, 3.63) is 107 Å². The predicted octanol–water partition coefficient (Wildman–Crippen LogP) is 7.07. The lowest BCUT2D eigenvalue weighted by Gasteiger charge is -2.13. The molecule has 35 heavy (non-hydrogen) atoms. The van der Waals surface area contributed by atoms with E-state index < -0.39 is 16.1 Å². The second-order valence-electron chi connectivity index (χ2n) is 7.35. The molecular formula is C24H15Br2FN2O5S. The number of para-hydroxylation sites is 1. The molecule has 1 aliphatic rings. The fourth-order valence-electron chi connectivity index (χ4n) is 3.35. The SMILES string of the molecule is O=C1SC(=Cc2cc(Br)c(OCc3ccccc3F)c(Br)c2)C(=O)N1Cc1ccccc1[N+](=O)[O-]. The van der Waals surface area contributed by atoms with Crippen LogP contribution in [0, 0.1) is 15.9 Å². The van der Waals surface area contributed by atoms with Crippen molar-refractivity contribution >= 4 is 66.5 Å². The van der Waals surface area contributed by atoms with Gasteiger partial charge in [-0.1, -0.05) is 36.4 Å². The standard InChI is InChI=1S/C24H15Br2FN2O5S/c25-17-9-14(10-18(26)22(17)34-13-16-6-1-3-7-19(16)27)11-21-23(30)28(24(31)35-21)12-15-5-2-4-8-20(15)29(32)33/h1-11H,12-13H2. The lowest BCUT2D eigenvalue weighted by Crippen LogP contribution is -2.27. The summed E-state index contributed by atoms with van der Waals surface area (Å²) in [7, 11) is 0. The van der Waals surface area contributed by atoms with Crippen LogP contribution in [0.25, 0.3) is 6.08 Å². The highest BCUT2D eigenvalue weighted by Gasteiger charge is 2.36. The number of thioether (sulfide) groups is 1. The molecule has 0 spiro atoms. The minimum absolute atomic E-state index is 0.0216. The molecule has 3 aromatic rings. The largest absolute Gasteiger partial charge is 0.486 e. The van der Waals surface area contributed by atoms with Crippen molar-refractivity contribution in [2.45, 2.75) is 13.2 Å². The van der Waals surface area contributed by atoms with Crippen LogP contribution in [0.4, 0.5) is 14.9 Å². The van der Waals surface area contributed by atoms with Crippen LogP contribution < -0.4 is 4.74 Å². The summed E-state index contributed by atoms with van der Waals surface area (Å²) >= 11 is 7.63. The maximum absolute atomic E-state index is 13.9. The van der Waals surface area contributed by atoms with Crippen LogP contribution >= 0.6 is 43.6 Å². The number of amides is 2. The molecule has 1 aliphatic heterocycles. The fourth-order valence-corrected chi connectivity index (χ4v) is 5.64. The van der Waals surface area contributed by atoms with E-state index in [9.17, 15) is 24.1 Å². The Kier molecular flexibility index (Phi) is 7.68. The molecule has 0 atom stereocenters. The van der Waals surface area contributed by atoms with Gasteiger partial charge in [-0.2, -0.15) is 0 Å². The predicted molar refractivity (Wildman–Crippen MR) is 137 cm³/mol. The first-order chi connectivity index (χ1) is 16.7. The molecule has 0 bridgehead atoms. The number of benzene rings is 3. The summed E-state index contributed by atoms with van der Waals surface area (Å²) in [6.45, 7) is -0.177. The van der Waals surface area contributed by atoms with E-state index in [-0.39, 0.29) is 35.1 Å². The summed E-state index contributed by atoms with van der Waals surface area (Å²) in [5.41, 5.74) is 1.12. The van der Waals surface area contributed by atoms with Crippen molar-refractivity contribution in [2.75, 3.05) is 0 Å². The van der Waals surface area contributed by atoms with Gasteiger partial charge in [-0.15, -0.1) is 0 Å². The summed E-state index contributed by atoms with van der Waals surface area (Å²) in [4.78, 5) is 37.3. The molecule has 1 saturated heterocycles. The van der Waals surface area contributed by atoms with Gasteiger partial charge in [0.25, 0.3) is 16.8 Å². The number of nitro benzene ring substituents is 1. The van der Waals surface area contributed by atoms with E-state index in [0.29, 0.717) is 25.8 Å². The van der Waals surface area contributed by atoms with Crippen LogP contribution in [0.2, 0.25) is 0 Å². The third-order valence-corrected chi connectivity index (χ3v) is 7.12. The number of carbonyl (C=O) groups is 2. The van der Waals surface area contributed by atoms with E-state index in [1.54, 1.807) is 42.5 Å². The van der Waals surface area contributed by atoms with E-state index in [1.807, 2.05) is 0 Å². The zero-order chi connectivity index (χ0) is 25.1. The molecular weight excluding hydrogens is 607 g/mol. The topological polar surface area (TPSA) is 89.8 Å². The normalized spacial score (nSPS) is 14.6. The maximum atomic E-state index is 13.9. The fraction of sp³-hybridized carbons (Fsp3) is 0.0833. The van der Waals surface area contributed by atoms with E-state index >= 15 is 0 Å². The minimum Gasteiger partial charge on any atom is -0.486 e. The molecule has 178 valence electrons. The summed E-state index contributed by atoms with van der Waals surface area (Å²) in [5, 5.41) is 10.8. The highest BCUT2D eigenvalue weighted by Crippen LogP contribution is 2.39. The van der Waals surface area contributed by atoms with Gasteiger partial charge in [-0.25, -0.2) is 4.39 Å². The van der Waals surface area contributed by atoms with Crippen molar-refractivity contribution in [1.82, 2.24) is 4.90 Å². The van der Waals surface area contributed by atoms with Crippen LogP contribution in [0.3, 0.4) is 0 Å². The van der Waals surface area contributed by atoms with Gasteiger partial charge in [0.15, 0.2) is 0 Å². The van der Waals surface area contributed by atoms with Crippen molar-refractivity contribution in [2.24, 2.45) is 0 Å². The summed E-state index contributed by atoms with van der Waals surface area (Å²) in [6.07, 6.45) is 1.56. The minimum atomic E-state index is -0.547. The third-order valence-electron chi connectivity index (χ3n) is 5.04. The van der Waals surface area contributed by atoms with Crippen LogP contribution in [0.15, 0.2) is 74.5 Å². The number of halogens is 3. The lowest BCUT2D eigenvalue weighted by molar-refractivity contribution is -0.385. The number of hydrogen-bond donors (Lipinski definition) is 0. The molecule has 0 aromatic heterocycles. The summed E-state index contributed by atoms with van der Waals surface area (Å²) in [5.74, 6) is -0.451. The molecule has 7 nitrogen and oxygen atoms in total. The Hall–Kier alpha value is -3.02. The quantitative estimate of drug-likeness (QED) is 0.159. The van der Waals surface area contributed by atoms with Crippen molar-refractivity contribution in [3.63, 3.8) is 0 Å². The second-order valence-corrected chi connectivity index (χ2v) is 10.0. The Balaban J connectivity index is 1.53. The number of ether oxygens (including phenoxy) is 1. The van der Waals surface area contributed by atoms with Gasteiger partial charge in [0.05, 0.1) is 25.3 Å². The molecule has 0 radical (unpaired) electrons. The molecule has 0 N–H and O–H groups in total. The van der Waals surface area contributed by atoms with E-state index in [1.165, 1.54) is 24.3 Å². The zero-order valence-corrected chi connectivity index (χ0v) is 21.7. The number of nitrogens with zero attached hydrogens (tertiary/aromatic N) is 2. The highest BCUT2D eigenvalue weighted by molar-refractivity contribution is 9.11. The number of nitro groups is 1. The van der Waals surface area contributed by atoms with Gasteiger partial charge in [-0.05, 0) is 73.5 Å². The molecule has 0 saturated carbocycles. The Morgan fingerprint density at radius 2 is 1.66 bits per heavy atom. The monoisotopic (exact) mass is 620 g/mol. The molecule has 0 aliphatic carbocycles. The average Bonchev–Trinajstić information content (AvgIpc) is 3.07.